The van der Waals surface area contributed by atoms with Gasteiger partial charge in [-0.15, -0.1) is 0 Å². The molecule has 0 saturated heterocycles. The van der Waals surface area contributed by atoms with Gasteiger partial charge >= 0.3 is 0 Å². The summed E-state index contributed by atoms with van der Waals surface area (Å²) >= 11 is 0. The molecule has 1 heterocycles. The Morgan fingerprint density at radius 3 is 2.34 bits per heavy atom. The molecule has 1 N–H and O–H groups in total. The lowest BCUT2D eigenvalue weighted by molar-refractivity contribution is 0.0285. The van der Waals surface area contributed by atoms with Gasteiger partial charge in [0.25, 0.3) is 5.56 Å². The first-order valence-electron chi connectivity index (χ1n) is 12.9. The Balaban J connectivity index is 1.66. The quantitative estimate of drug-likeness (QED) is 0.311. The van der Waals surface area contributed by atoms with E-state index in [1.807, 2.05) is 67.6 Å². The van der Waals surface area contributed by atoms with Crippen molar-refractivity contribution in [2.24, 2.45) is 0 Å². The van der Waals surface area contributed by atoms with Crippen LogP contribution in [-0.2, 0) is 12.8 Å². The summed E-state index contributed by atoms with van der Waals surface area (Å²) in [6.45, 7) is 7.48. The molecule has 0 bridgehead atoms. The number of nitriles is 1. The van der Waals surface area contributed by atoms with Gasteiger partial charge in [-0.05, 0) is 74.2 Å². The van der Waals surface area contributed by atoms with Crippen LogP contribution < -0.4 is 10.3 Å². The van der Waals surface area contributed by atoms with Gasteiger partial charge in [-0.2, -0.15) is 5.26 Å². The molecule has 4 rings (SSSR count). The molecule has 0 aliphatic carbocycles. The molecule has 6 nitrogen and oxygen atoms in total. The fourth-order valence-corrected chi connectivity index (χ4v) is 4.43. The molecule has 4 aromatic rings. The zero-order valence-electron chi connectivity index (χ0n) is 22.4. The Labute approximate surface area is 223 Å². The summed E-state index contributed by atoms with van der Waals surface area (Å²) in [4.78, 5) is 18.7. The first-order valence-corrected chi connectivity index (χ1v) is 12.9. The Hall–Kier alpha value is -4.21. The summed E-state index contributed by atoms with van der Waals surface area (Å²) in [5.41, 5.74) is 4.71. The van der Waals surface area contributed by atoms with Gasteiger partial charge in [-0.3, -0.25) is 9.36 Å². The number of aryl methyl sites for hydroxylation is 2. The van der Waals surface area contributed by atoms with Crippen molar-refractivity contribution in [3.05, 3.63) is 111 Å². The van der Waals surface area contributed by atoms with E-state index in [-0.39, 0.29) is 12.2 Å². The van der Waals surface area contributed by atoms with Crippen LogP contribution in [0.1, 0.15) is 55.4 Å². The molecule has 38 heavy (non-hydrogen) atoms. The maximum Gasteiger partial charge on any atom is 0.261 e. The highest BCUT2D eigenvalue weighted by Crippen LogP contribution is 2.25. The number of hydrogen-bond donors (Lipinski definition) is 1. The predicted octanol–water partition coefficient (Wildman–Crippen LogP) is 5.77. The maximum absolute atomic E-state index is 13.8. The summed E-state index contributed by atoms with van der Waals surface area (Å²) in [5, 5.41) is 19.4. The second-order valence-electron chi connectivity index (χ2n) is 10.1. The minimum absolute atomic E-state index is 0.0787. The molecular formula is C32H33N3O3. The summed E-state index contributed by atoms with van der Waals surface area (Å²) < 4.78 is 7.31. The molecule has 0 amide bonds. The molecule has 0 saturated carbocycles. The van der Waals surface area contributed by atoms with Crippen molar-refractivity contribution in [3.8, 4) is 28.6 Å². The summed E-state index contributed by atoms with van der Waals surface area (Å²) in [7, 11) is 0. The second-order valence-corrected chi connectivity index (χ2v) is 10.1. The molecule has 0 fully saturated rings. The van der Waals surface area contributed by atoms with Crippen molar-refractivity contribution in [3.63, 3.8) is 0 Å². The van der Waals surface area contributed by atoms with Crippen molar-refractivity contribution >= 4 is 0 Å². The number of hydrogen-bond acceptors (Lipinski definition) is 5. The molecule has 0 radical (unpaired) electrons. The van der Waals surface area contributed by atoms with E-state index in [9.17, 15) is 15.2 Å². The highest BCUT2D eigenvalue weighted by atomic mass is 16.5. The van der Waals surface area contributed by atoms with Crippen molar-refractivity contribution in [2.75, 3.05) is 6.61 Å². The average Bonchev–Trinajstić information content (AvgIpc) is 2.90. The van der Waals surface area contributed by atoms with Gasteiger partial charge in [0, 0.05) is 12.0 Å². The fraction of sp³-hybridized carbons (Fsp3) is 0.281. The predicted molar refractivity (Wildman–Crippen MR) is 150 cm³/mol. The van der Waals surface area contributed by atoms with Crippen LogP contribution in [0.15, 0.2) is 77.6 Å². The minimum atomic E-state index is -0.933. The second kappa shape index (κ2) is 11.5. The molecular weight excluding hydrogens is 474 g/mol. The van der Waals surface area contributed by atoms with Gasteiger partial charge in [-0.25, -0.2) is 4.98 Å². The van der Waals surface area contributed by atoms with Crippen LogP contribution in [0, 0.1) is 18.3 Å². The molecule has 0 aliphatic heterocycles. The number of nitrogens with zero attached hydrogens (tertiary/aromatic N) is 3. The Morgan fingerprint density at radius 1 is 1.03 bits per heavy atom. The van der Waals surface area contributed by atoms with Crippen LogP contribution >= 0.6 is 0 Å². The number of rotatable bonds is 9. The highest BCUT2D eigenvalue weighted by Gasteiger charge is 2.17. The first-order chi connectivity index (χ1) is 18.2. The maximum atomic E-state index is 13.8. The molecule has 6 heteroatoms. The van der Waals surface area contributed by atoms with E-state index >= 15 is 0 Å². The number of aliphatic hydroxyl groups is 1. The van der Waals surface area contributed by atoms with Crippen LogP contribution in [0.5, 0.6) is 5.75 Å². The number of benzene rings is 3. The van der Waals surface area contributed by atoms with Gasteiger partial charge < -0.3 is 9.84 Å². The van der Waals surface area contributed by atoms with Crippen molar-refractivity contribution in [1.29, 1.82) is 5.26 Å². The first kappa shape index (κ1) is 26.8. The molecule has 0 spiro atoms. The molecule has 0 unspecified atom stereocenters. The SMILES string of the molecule is CCCc1nc(C)n(-c2ccc(OCC(C)(C)O)cc2)c(=O)c1Cc1ccc(-c2ccccc2C#N)cc1. The van der Waals surface area contributed by atoms with Gasteiger partial charge in [0.2, 0.25) is 0 Å². The van der Waals surface area contributed by atoms with E-state index in [0.29, 0.717) is 34.8 Å². The fourth-order valence-electron chi connectivity index (χ4n) is 4.43. The van der Waals surface area contributed by atoms with Gasteiger partial charge in [0.05, 0.1) is 28.6 Å². The summed E-state index contributed by atoms with van der Waals surface area (Å²) in [5.74, 6) is 1.26. The van der Waals surface area contributed by atoms with E-state index in [2.05, 4.69) is 13.0 Å². The third-order valence-electron chi connectivity index (χ3n) is 6.30. The van der Waals surface area contributed by atoms with E-state index in [0.717, 1.165) is 35.2 Å². The lowest BCUT2D eigenvalue weighted by atomic mass is 9.97. The van der Waals surface area contributed by atoms with Crippen LogP contribution in [-0.4, -0.2) is 26.9 Å². The largest absolute Gasteiger partial charge is 0.491 e. The third kappa shape index (κ3) is 6.19. The summed E-state index contributed by atoms with van der Waals surface area (Å²) in [6, 6.07) is 25.1. The van der Waals surface area contributed by atoms with Crippen molar-refractivity contribution < 1.29 is 9.84 Å². The average molecular weight is 508 g/mol. The monoisotopic (exact) mass is 507 g/mol. The van der Waals surface area contributed by atoms with E-state index in [4.69, 9.17) is 9.72 Å². The van der Waals surface area contributed by atoms with E-state index in [1.54, 1.807) is 30.5 Å². The van der Waals surface area contributed by atoms with E-state index in [1.165, 1.54) is 0 Å². The zero-order valence-corrected chi connectivity index (χ0v) is 22.4. The Morgan fingerprint density at radius 2 is 1.71 bits per heavy atom. The lowest BCUT2D eigenvalue weighted by Crippen LogP contribution is -2.28. The Kier molecular flexibility index (Phi) is 8.09. The standard InChI is InChI=1S/C32H33N3O3/c1-5-8-30-29(19-23-11-13-24(14-12-23)28-10-7-6-9-25(28)20-33)31(36)35(22(2)34-30)26-15-17-27(18-16-26)38-21-32(3,4)37/h6-7,9-18,37H,5,8,19,21H2,1-4H3. The lowest BCUT2D eigenvalue weighted by Gasteiger charge is -2.18. The zero-order chi connectivity index (χ0) is 27.3. The number of aromatic nitrogens is 2. The van der Waals surface area contributed by atoms with Gasteiger partial charge in [0.1, 0.15) is 18.2 Å². The normalized spacial score (nSPS) is 11.3. The Bertz CT molecular complexity index is 1510. The molecule has 0 aliphatic rings. The molecule has 3 aromatic carbocycles. The van der Waals surface area contributed by atoms with Gasteiger partial charge in [-0.1, -0.05) is 55.8 Å². The summed E-state index contributed by atoms with van der Waals surface area (Å²) in [6.07, 6.45) is 2.08. The molecule has 1 aromatic heterocycles. The van der Waals surface area contributed by atoms with Crippen molar-refractivity contribution in [1.82, 2.24) is 9.55 Å². The van der Waals surface area contributed by atoms with E-state index < -0.39 is 5.60 Å². The van der Waals surface area contributed by atoms with Crippen molar-refractivity contribution in [2.45, 2.75) is 52.6 Å². The minimum Gasteiger partial charge on any atom is -0.491 e. The highest BCUT2D eigenvalue weighted by molar-refractivity contribution is 5.70. The van der Waals surface area contributed by atoms with Crippen LogP contribution in [0.25, 0.3) is 16.8 Å². The van der Waals surface area contributed by atoms with Crippen LogP contribution in [0.3, 0.4) is 0 Å². The van der Waals surface area contributed by atoms with Crippen LogP contribution in [0.4, 0.5) is 0 Å². The third-order valence-corrected chi connectivity index (χ3v) is 6.30. The van der Waals surface area contributed by atoms with Gasteiger partial charge in [0.15, 0.2) is 0 Å². The molecule has 0 atom stereocenters. The van der Waals surface area contributed by atoms with Crippen LogP contribution in [0.2, 0.25) is 0 Å². The smallest absolute Gasteiger partial charge is 0.261 e. The molecule has 194 valence electrons. The topological polar surface area (TPSA) is 88.1 Å². The number of ether oxygens (including phenoxy) is 1.